The summed E-state index contributed by atoms with van der Waals surface area (Å²) in [6.07, 6.45) is 0.395. The van der Waals surface area contributed by atoms with Crippen LogP contribution in [0.3, 0.4) is 0 Å². The Morgan fingerprint density at radius 2 is 1.43 bits per heavy atom. The fourth-order valence-corrected chi connectivity index (χ4v) is 5.05. The standard InChI is InChI=1S/C35H46BN3O8/c1-22(2)17-31(36(43)44)38-35(42)33(23(3)4)39-34(41)28(19-25-15-16-29(45-5)30(20-25)46-6)37-32(40)21-24-11-10-14-27(18-24)47-26-12-8-7-9-13-26/h7-16,18,20,22-23,28,31,33,43-44H,17,19,21H2,1-6H3,(H,37,40)(H,38,42)(H,39,41)/t28-,31+,33-/m0/s1. The Labute approximate surface area is 277 Å². The molecule has 0 aliphatic carbocycles. The van der Waals surface area contributed by atoms with E-state index < -0.39 is 42.9 Å². The van der Waals surface area contributed by atoms with E-state index in [9.17, 15) is 24.4 Å². The maximum absolute atomic E-state index is 13.8. The molecule has 3 rings (SSSR count). The number of rotatable bonds is 17. The number of methoxy groups -OCH3 is 2. The number of nitrogens with one attached hydrogen (secondary N) is 3. The molecule has 3 amide bonds. The van der Waals surface area contributed by atoms with Crippen molar-refractivity contribution in [3.8, 4) is 23.0 Å². The molecule has 0 bridgehead atoms. The van der Waals surface area contributed by atoms with Crippen LogP contribution in [0.15, 0.2) is 72.8 Å². The van der Waals surface area contributed by atoms with E-state index in [2.05, 4.69) is 16.0 Å². The van der Waals surface area contributed by atoms with Gasteiger partial charge in [-0.3, -0.25) is 14.4 Å². The van der Waals surface area contributed by atoms with Crippen molar-refractivity contribution in [3.05, 3.63) is 83.9 Å². The third kappa shape index (κ3) is 11.6. The maximum Gasteiger partial charge on any atom is 0.475 e. The predicted octanol–water partition coefficient (Wildman–Crippen LogP) is 3.45. The van der Waals surface area contributed by atoms with Crippen LogP contribution in [-0.2, 0) is 27.2 Å². The Balaban J connectivity index is 1.82. The monoisotopic (exact) mass is 647 g/mol. The van der Waals surface area contributed by atoms with Gasteiger partial charge in [0.05, 0.1) is 26.6 Å². The zero-order valence-corrected chi connectivity index (χ0v) is 27.9. The van der Waals surface area contributed by atoms with Crippen molar-refractivity contribution in [2.45, 2.75) is 65.0 Å². The molecule has 0 radical (unpaired) electrons. The molecule has 11 nitrogen and oxygen atoms in total. The van der Waals surface area contributed by atoms with Gasteiger partial charge in [0, 0.05) is 6.42 Å². The molecular weight excluding hydrogens is 601 g/mol. The largest absolute Gasteiger partial charge is 0.493 e. The SMILES string of the molecule is COc1ccc(C[C@H](NC(=O)Cc2cccc(Oc3ccccc3)c2)C(=O)N[C@H](C(=O)N[C@H](CC(C)C)B(O)O)C(C)C)cc1OC. The number of ether oxygens (including phenoxy) is 3. The molecule has 5 N–H and O–H groups in total. The highest BCUT2D eigenvalue weighted by atomic mass is 16.5. The molecule has 0 unspecified atom stereocenters. The van der Waals surface area contributed by atoms with Gasteiger partial charge in [-0.25, -0.2) is 0 Å². The van der Waals surface area contributed by atoms with Gasteiger partial charge in [-0.05, 0) is 65.8 Å². The van der Waals surface area contributed by atoms with Gasteiger partial charge in [-0.2, -0.15) is 0 Å². The second-order valence-corrected chi connectivity index (χ2v) is 12.1. The van der Waals surface area contributed by atoms with E-state index >= 15 is 0 Å². The average Bonchev–Trinajstić information content (AvgIpc) is 3.02. The summed E-state index contributed by atoms with van der Waals surface area (Å²) in [5.74, 6) is -0.518. The first-order valence-electron chi connectivity index (χ1n) is 15.7. The van der Waals surface area contributed by atoms with Crippen molar-refractivity contribution < 1.29 is 38.6 Å². The quantitative estimate of drug-likeness (QED) is 0.140. The number of carbonyl (C=O) groups excluding carboxylic acids is 3. The summed E-state index contributed by atoms with van der Waals surface area (Å²) in [5.41, 5.74) is 1.37. The van der Waals surface area contributed by atoms with Gasteiger partial charge in [0.25, 0.3) is 0 Å². The molecular formula is C35H46BN3O8. The van der Waals surface area contributed by atoms with Crippen LogP contribution in [0, 0.1) is 11.8 Å². The predicted molar refractivity (Wildman–Crippen MR) is 180 cm³/mol. The Bertz CT molecular complexity index is 1470. The zero-order valence-electron chi connectivity index (χ0n) is 27.9. The van der Waals surface area contributed by atoms with E-state index in [1.165, 1.54) is 14.2 Å². The Kier molecular flexibility index (Phi) is 14.1. The van der Waals surface area contributed by atoms with E-state index in [1.54, 1.807) is 56.3 Å². The molecule has 0 aliphatic heterocycles. The zero-order chi connectivity index (χ0) is 34.5. The van der Waals surface area contributed by atoms with E-state index in [0.29, 0.717) is 40.5 Å². The molecule has 3 aromatic rings. The highest BCUT2D eigenvalue weighted by molar-refractivity contribution is 6.43. The first-order valence-corrected chi connectivity index (χ1v) is 15.7. The van der Waals surface area contributed by atoms with Gasteiger partial charge in [-0.15, -0.1) is 0 Å². The number of benzene rings is 3. The topological polar surface area (TPSA) is 155 Å². The minimum atomic E-state index is -1.77. The van der Waals surface area contributed by atoms with Crippen LogP contribution in [0.25, 0.3) is 0 Å². The lowest BCUT2D eigenvalue weighted by Gasteiger charge is -2.28. The van der Waals surface area contributed by atoms with Crippen LogP contribution in [0.2, 0.25) is 0 Å². The summed E-state index contributed by atoms with van der Waals surface area (Å²) in [6, 6.07) is 19.6. The third-order valence-corrected chi connectivity index (χ3v) is 7.44. The highest BCUT2D eigenvalue weighted by Crippen LogP contribution is 2.28. The summed E-state index contributed by atoms with van der Waals surface area (Å²) in [4.78, 5) is 40.5. The van der Waals surface area contributed by atoms with Crippen LogP contribution in [0.1, 0.15) is 45.2 Å². The van der Waals surface area contributed by atoms with Crippen molar-refractivity contribution in [2.24, 2.45) is 11.8 Å². The number of carbonyl (C=O) groups is 3. The van der Waals surface area contributed by atoms with Gasteiger partial charge < -0.3 is 40.2 Å². The first-order chi connectivity index (χ1) is 22.4. The van der Waals surface area contributed by atoms with Gasteiger partial charge in [-0.1, -0.05) is 64.1 Å². The molecule has 0 aromatic heterocycles. The summed E-state index contributed by atoms with van der Waals surface area (Å²) in [6.45, 7) is 7.34. The van der Waals surface area contributed by atoms with Gasteiger partial charge in [0.1, 0.15) is 23.6 Å². The number of hydrogen-bond donors (Lipinski definition) is 5. The van der Waals surface area contributed by atoms with Crippen molar-refractivity contribution in [2.75, 3.05) is 14.2 Å². The second kappa shape index (κ2) is 18.0. The van der Waals surface area contributed by atoms with E-state index in [0.717, 1.165) is 0 Å². The van der Waals surface area contributed by atoms with Gasteiger partial charge >= 0.3 is 7.12 Å². The van der Waals surface area contributed by atoms with Crippen molar-refractivity contribution >= 4 is 24.8 Å². The Morgan fingerprint density at radius 1 is 0.745 bits per heavy atom. The van der Waals surface area contributed by atoms with Crippen molar-refractivity contribution in [1.82, 2.24) is 16.0 Å². The van der Waals surface area contributed by atoms with E-state index in [-0.39, 0.29) is 24.7 Å². The van der Waals surface area contributed by atoms with Crippen molar-refractivity contribution in [1.29, 1.82) is 0 Å². The second-order valence-electron chi connectivity index (χ2n) is 12.1. The molecule has 12 heteroatoms. The Morgan fingerprint density at radius 3 is 2.04 bits per heavy atom. The smallest absolute Gasteiger partial charge is 0.475 e. The van der Waals surface area contributed by atoms with Crippen LogP contribution in [0.4, 0.5) is 0 Å². The van der Waals surface area contributed by atoms with E-state index in [4.69, 9.17) is 14.2 Å². The van der Waals surface area contributed by atoms with Crippen LogP contribution < -0.4 is 30.2 Å². The molecule has 3 atom stereocenters. The molecule has 0 saturated heterocycles. The molecule has 47 heavy (non-hydrogen) atoms. The molecule has 252 valence electrons. The minimum Gasteiger partial charge on any atom is -0.493 e. The average molecular weight is 648 g/mol. The van der Waals surface area contributed by atoms with E-state index in [1.807, 2.05) is 44.2 Å². The summed E-state index contributed by atoms with van der Waals surface area (Å²) >= 11 is 0. The lowest BCUT2D eigenvalue weighted by atomic mass is 9.75. The normalized spacial score (nSPS) is 12.9. The molecule has 0 heterocycles. The lowest BCUT2D eigenvalue weighted by molar-refractivity contribution is -0.132. The molecule has 0 aliphatic rings. The van der Waals surface area contributed by atoms with Gasteiger partial charge in [0.2, 0.25) is 17.7 Å². The molecule has 0 fully saturated rings. The minimum absolute atomic E-state index is 0.0267. The van der Waals surface area contributed by atoms with Crippen LogP contribution in [-0.4, -0.2) is 67.1 Å². The molecule has 0 saturated carbocycles. The number of amides is 3. The third-order valence-electron chi connectivity index (χ3n) is 7.44. The van der Waals surface area contributed by atoms with Crippen LogP contribution >= 0.6 is 0 Å². The lowest BCUT2D eigenvalue weighted by Crippen LogP contribution is -2.59. The summed E-state index contributed by atoms with van der Waals surface area (Å²) < 4.78 is 16.7. The number of hydrogen-bond acceptors (Lipinski definition) is 8. The summed E-state index contributed by atoms with van der Waals surface area (Å²) in [7, 11) is 1.26. The fourth-order valence-electron chi connectivity index (χ4n) is 5.05. The molecule has 3 aromatic carbocycles. The fraction of sp³-hybridized carbons (Fsp3) is 0.400. The Hall–Kier alpha value is -4.55. The highest BCUT2D eigenvalue weighted by Gasteiger charge is 2.33. The first kappa shape index (κ1) is 36.9. The molecule has 0 spiro atoms. The number of para-hydroxylation sites is 1. The summed E-state index contributed by atoms with van der Waals surface area (Å²) in [5, 5.41) is 28.0. The van der Waals surface area contributed by atoms with Gasteiger partial charge in [0.15, 0.2) is 11.5 Å². The van der Waals surface area contributed by atoms with Crippen LogP contribution in [0.5, 0.6) is 23.0 Å². The maximum atomic E-state index is 13.8. The van der Waals surface area contributed by atoms with Crippen molar-refractivity contribution in [3.63, 3.8) is 0 Å².